The Kier molecular flexibility index (Phi) is 6.28. The van der Waals surface area contributed by atoms with E-state index in [-0.39, 0.29) is 12.5 Å². The second-order valence-corrected chi connectivity index (χ2v) is 5.54. The first-order chi connectivity index (χ1) is 11.4. The molecule has 0 radical (unpaired) electrons. The summed E-state index contributed by atoms with van der Waals surface area (Å²) in [7, 11) is 0. The van der Waals surface area contributed by atoms with Gasteiger partial charge in [-0.05, 0) is 48.4 Å². The van der Waals surface area contributed by atoms with Crippen LogP contribution in [0.25, 0.3) is 0 Å². The number of nitrogens with zero attached hydrogens (tertiary/aromatic N) is 2. The van der Waals surface area contributed by atoms with Gasteiger partial charge in [0.05, 0.1) is 0 Å². The predicted octanol–water partition coefficient (Wildman–Crippen LogP) is 2.95. The molecule has 7 heteroatoms. The number of hydrogen-bond acceptors (Lipinski definition) is 3. The molecular formula is C17H18F3N3O. The number of aromatic nitrogens is 2. The van der Waals surface area contributed by atoms with Gasteiger partial charge in [0.15, 0.2) is 0 Å². The molecule has 0 aromatic carbocycles. The van der Waals surface area contributed by atoms with Gasteiger partial charge < -0.3 is 5.32 Å². The molecule has 1 N–H and O–H groups in total. The lowest BCUT2D eigenvalue weighted by Crippen LogP contribution is -2.37. The van der Waals surface area contributed by atoms with Gasteiger partial charge in [0.1, 0.15) is 0 Å². The maximum absolute atomic E-state index is 12.2. The highest BCUT2D eigenvalue weighted by molar-refractivity contribution is 5.81. The lowest BCUT2D eigenvalue weighted by Gasteiger charge is -2.17. The van der Waals surface area contributed by atoms with E-state index in [0.29, 0.717) is 19.3 Å². The molecule has 24 heavy (non-hydrogen) atoms. The number of halogens is 3. The molecule has 0 unspecified atom stereocenters. The van der Waals surface area contributed by atoms with Crippen LogP contribution in [0.2, 0.25) is 0 Å². The van der Waals surface area contributed by atoms with Crippen LogP contribution in [0.4, 0.5) is 13.2 Å². The molecule has 1 amide bonds. The summed E-state index contributed by atoms with van der Waals surface area (Å²) in [4.78, 5) is 19.0. The SMILES string of the molecule is O=C(NCCC(Cc1cccnc1)Cc1cccnc1)C(F)(F)F. The highest BCUT2D eigenvalue weighted by Crippen LogP contribution is 2.18. The van der Waals surface area contributed by atoms with Gasteiger partial charge in [-0.15, -0.1) is 0 Å². The van der Waals surface area contributed by atoms with E-state index in [1.807, 2.05) is 29.6 Å². The smallest absolute Gasteiger partial charge is 0.348 e. The minimum absolute atomic E-state index is 0.0243. The van der Waals surface area contributed by atoms with E-state index in [1.165, 1.54) is 0 Å². The molecule has 0 fully saturated rings. The van der Waals surface area contributed by atoms with Gasteiger partial charge in [0, 0.05) is 31.3 Å². The molecular weight excluding hydrogens is 319 g/mol. The number of hydrogen-bond donors (Lipinski definition) is 1. The summed E-state index contributed by atoms with van der Waals surface area (Å²) in [5, 5.41) is 1.93. The van der Waals surface area contributed by atoms with E-state index in [0.717, 1.165) is 11.1 Å². The number of carbonyl (C=O) groups excluding carboxylic acids is 1. The Labute approximate surface area is 138 Å². The van der Waals surface area contributed by atoms with Crippen molar-refractivity contribution in [3.05, 3.63) is 60.2 Å². The van der Waals surface area contributed by atoms with Gasteiger partial charge in [-0.1, -0.05) is 12.1 Å². The van der Waals surface area contributed by atoms with E-state index in [4.69, 9.17) is 0 Å². The zero-order valence-electron chi connectivity index (χ0n) is 13.0. The van der Waals surface area contributed by atoms with Gasteiger partial charge in [-0.2, -0.15) is 13.2 Å². The molecule has 2 aromatic heterocycles. The lowest BCUT2D eigenvalue weighted by molar-refractivity contribution is -0.173. The minimum atomic E-state index is -4.85. The highest BCUT2D eigenvalue weighted by atomic mass is 19.4. The van der Waals surface area contributed by atoms with Crippen LogP contribution >= 0.6 is 0 Å². The van der Waals surface area contributed by atoms with Crippen LogP contribution in [0.1, 0.15) is 17.5 Å². The summed E-state index contributed by atoms with van der Waals surface area (Å²) in [5.41, 5.74) is 2.02. The van der Waals surface area contributed by atoms with Crippen LogP contribution in [0.3, 0.4) is 0 Å². The standard InChI is InChI=1S/C17H18F3N3O/c18-17(19,20)16(24)23-8-5-13(9-14-3-1-6-21-11-14)10-15-4-2-7-22-12-15/h1-4,6-7,11-13H,5,8-10H2,(H,23,24). The molecule has 2 heterocycles. The number of rotatable bonds is 7. The average molecular weight is 337 g/mol. The van der Waals surface area contributed by atoms with Gasteiger partial charge in [-0.3, -0.25) is 14.8 Å². The second-order valence-electron chi connectivity index (χ2n) is 5.54. The van der Waals surface area contributed by atoms with E-state index >= 15 is 0 Å². The van der Waals surface area contributed by atoms with Crippen LogP contribution in [0, 0.1) is 5.92 Å². The van der Waals surface area contributed by atoms with Crippen LogP contribution in [0.15, 0.2) is 49.1 Å². The van der Waals surface area contributed by atoms with Crippen LogP contribution < -0.4 is 5.32 Å². The van der Waals surface area contributed by atoms with Crippen LogP contribution in [-0.2, 0) is 17.6 Å². The monoisotopic (exact) mass is 337 g/mol. The first kappa shape index (κ1) is 17.9. The molecule has 0 atom stereocenters. The summed E-state index contributed by atoms with van der Waals surface area (Å²) in [6.07, 6.45) is 3.75. The third kappa shape index (κ3) is 5.98. The summed E-state index contributed by atoms with van der Waals surface area (Å²) in [5.74, 6) is -1.82. The van der Waals surface area contributed by atoms with E-state index in [1.54, 1.807) is 24.8 Å². The summed E-state index contributed by atoms with van der Waals surface area (Å²) >= 11 is 0. The zero-order valence-corrected chi connectivity index (χ0v) is 13.0. The molecule has 4 nitrogen and oxygen atoms in total. The normalized spacial score (nSPS) is 11.5. The molecule has 0 bridgehead atoms. The molecule has 0 aliphatic carbocycles. The molecule has 128 valence electrons. The van der Waals surface area contributed by atoms with Crippen molar-refractivity contribution in [3.8, 4) is 0 Å². The molecule has 0 saturated carbocycles. The summed E-state index contributed by atoms with van der Waals surface area (Å²) in [6, 6.07) is 7.50. The maximum Gasteiger partial charge on any atom is 0.471 e. The topological polar surface area (TPSA) is 54.9 Å². The lowest BCUT2D eigenvalue weighted by atomic mass is 9.91. The quantitative estimate of drug-likeness (QED) is 0.845. The molecule has 0 aliphatic heterocycles. The molecule has 0 aliphatic rings. The number of alkyl halides is 3. The van der Waals surface area contributed by atoms with Gasteiger partial charge in [0.25, 0.3) is 0 Å². The van der Waals surface area contributed by atoms with E-state index < -0.39 is 12.1 Å². The van der Waals surface area contributed by atoms with Crippen LogP contribution in [0.5, 0.6) is 0 Å². The van der Waals surface area contributed by atoms with Crippen molar-refractivity contribution < 1.29 is 18.0 Å². The van der Waals surface area contributed by atoms with Crippen molar-refractivity contribution in [2.75, 3.05) is 6.54 Å². The zero-order chi connectivity index (χ0) is 17.4. The van der Waals surface area contributed by atoms with E-state index in [9.17, 15) is 18.0 Å². The Bertz CT molecular complexity index is 591. The van der Waals surface area contributed by atoms with Crippen molar-refractivity contribution in [2.45, 2.75) is 25.4 Å². The Morgan fingerprint density at radius 3 is 2.00 bits per heavy atom. The minimum Gasteiger partial charge on any atom is -0.348 e. The number of nitrogens with one attached hydrogen (secondary N) is 1. The Morgan fingerprint density at radius 1 is 1.04 bits per heavy atom. The van der Waals surface area contributed by atoms with Crippen molar-refractivity contribution in [1.29, 1.82) is 0 Å². The molecule has 2 aromatic rings. The van der Waals surface area contributed by atoms with E-state index in [2.05, 4.69) is 9.97 Å². The third-order valence-corrected chi connectivity index (χ3v) is 3.59. The van der Waals surface area contributed by atoms with Crippen molar-refractivity contribution >= 4 is 5.91 Å². The first-order valence-corrected chi connectivity index (χ1v) is 7.58. The largest absolute Gasteiger partial charge is 0.471 e. The number of carbonyl (C=O) groups is 1. The average Bonchev–Trinajstić information content (AvgIpc) is 2.55. The van der Waals surface area contributed by atoms with Crippen molar-refractivity contribution in [3.63, 3.8) is 0 Å². The Hall–Kier alpha value is -2.44. The highest BCUT2D eigenvalue weighted by Gasteiger charge is 2.38. The fourth-order valence-electron chi connectivity index (χ4n) is 2.47. The van der Waals surface area contributed by atoms with Crippen LogP contribution in [-0.4, -0.2) is 28.6 Å². The summed E-state index contributed by atoms with van der Waals surface area (Å²) < 4.78 is 36.7. The number of pyridine rings is 2. The molecule has 0 spiro atoms. The Morgan fingerprint density at radius 2 is 1.58 bits per heavy atom. The second kappa shape index (κ2) is 8.42. The van der Waals surface area contributed by atoms with Gasteiger partial charge in [0.2, 0.25) is 0 Å². The fraction of sp³-hybridized carbons (Fsp3) is 0.353. The first-order valence-electron chi connectivity index (χ1n) is 7.58. The van der Waals surface area contributed by atoms with Crippen molar-refractivity contribution in [2.24, 2.45) is 5.92 Å². The Balaban J connectivity index is 1.96. The maximum atomic E-state index is 12.2. The fourth-order valence-corrected chi connectivity index (χ4v) is 2.47. The third-order valence-electron chi connectivity index (χ3n) is 3.59. The number of amides is 1. The molecule has 2 rings (SSSR count). The predicted molar refractivity (Wildman–Crippen MR) is 83.1 cm³/mol. The summed E-state index contributed by atoms with van der Waals surface area (Å²) in [6.45, 7) is -0.0243. The van der Waals surface area contributed by atoms with Gasteiger partial charge >= 0.3 is 12.1 Å². The van der Waals surface area contributed by atoms with Gasteiger partial charge in [-0.25, -0.2) is 0 Å². The van der Waals surface area contributed by atoms with Crippen molar-refractivity contribution in [1.82, 2.24) is 15.3 Å². The molecule has 0 saturated heterocycles.